The van der Waals surface area contributed by atoms with Gasteiger partial charge in [-0.05, 0) is 63.6 Å². The summed E-state index contributed by atoms with van der Waals surface area (Å²) in [6, 6.07) is 10.5. The molecule has 0 radical (unpaired) electrons. The average Bonchev–Trinajstić information content (AvgIpc) is 3.33. The van der Waals surface area contributed by atoms with Crippen LogP contribution >= 0.6 is 11.6 Å². The number of nitrogens with zero attached hydrogens (tertiary/aromatic N) is 5. The van der Waals surface area contributed by atoms with Gasteiger partial charge in [0.2, 0.25) is 0 Å². The number of sulfone groups is 1. The van der Waals surface area contributed by atoms with Crippen molar-refractivity contribution < 1.29 is 22.6 Å². The molecule has 0 bridgehead atoms. The minimum Gasteiger partial charge on any atom is -0.494 e. The first-order chi connectivity index (χ1) is 19.1. The smallest absolute Gasteiger partial charge is 0.170 e. The first-order valence-electron chi connectivity index (χ1n) is 12.6. The molecule has 40 heavy (non-hydrogen) atoms. The third kappa shape index (κ3) is 6.27. The maximum atomic E-state index is 14.0. The van der Waals surface area contributed by atoms with Crippen molar-refractivity contribution in [2.75, 3.05) is 14.2 Å². The molecule has 0 spiro atoms. The van der Waals surface area contributed by atoms with Crippen molar-refractivity contribution in [3.63, 3.8) is 0 Å². The topological polar surface area (TPSA) is 118 Å². The van der Waals surface area contributed by atoms with Crippen LogP contribution in [0.5, 0.6) is 11.5 Å². The fourth-order valence-electron chi connectivity index (χ4n) is 4.33. The molecule has 0 saturated carbocycles. The van der Waals surface area contributed by atoms with Crippen molar-refractivity contribution in [3.8, 4) is 28.6 Å². The molecular weight excluding hydrogens is 554 g/mol. The lowest BCUT2D eigenvalue weighted by Crippen LogP contribution is -2.31. The lowest BCUT2D eigenvalue weighted by atomic mass is 10.1. The second kappa shape index (κ2) is 12.3. The summed E-state index contributed by atoms with van der Waals surface area (Å²) >= 11 is 6.02. The van der Waals surface area contributed by atoms with Gasteiger partial charge in [0.25, 0.3) is 0 Å². The summed E-state index contributed by atoms with van der Waals surface area (Å²) in [4.78, 5) is 8.63. The van der Waals surface area contributed by atoms with E-state index in [1.807, 2.05) is 26.8 Å². The number of halogens is 1. The van der Waals surface area contributed by atoms with Crippen LogP contribution < -0.4 is 9.47 Å². The number of rotatable bonds is 11. The van der Waals surface area contributed by atoms with Gasteiger partial charge in [-0.15, -0.1) is 10.2 Å². The van der Waals surface area contributed by atoms with Gasteiger partial charge in [-0.1, -0.05) is 17.7 Å². The van der Waals surface area contributed by atoms with Crippen molar-refractivity contribution in [2.24, 2.45) is 0 Å². The van der Waals surface area contributed by atoms with Gasteiger partial charge in [0.05, 0.1) is 36.3 Å². The monoisotopic (exact) mass is 585 g/mol. The number of ether oxygens (including phenoxy) is 3. The second-order valence-corrected chi connectivity index (χ2v) is 12.4. The standard InChI is InChI=1S/C28H32ClN5O5S/c1-17(2)39-27(22-11-10-21(29)15-31-22)19(4)40(35,36)16-25-32-33-28(20-12-18(3)13-30-14-20)34(25)26-23(37-5)8-7-9-24(26)38-6/h7-15,17,19,27H,16H2,1-6H3/t19-,27+/m0/s1. The molecule has 212 valence electrons. The van der Waals surface area contributed by atoms with Gasteiger partial charge in [-0.2, -0.15) is 0 Å². The zero-order valence-corrected chi connectivity index (χ0v) is 24.8. The summed E-state index contributed by atoms with van der Waals surface area (Å²) in [5.74, 6) is 1.05. The van der Waals surface area contributed by atoms with E-state index in [4.69, 9.17) is 25.8 Å². The molecule has 4 aromatic rings. The van der Waals surface area contributed by atoms with Gasteiger partial charge in [0.1, 0.15) is 29.0 Å². The zero-order valence-electron chi connectivity index (χ0n) is 23.2. The maximum Gasteiger partial charge on any atom is 0.170 e. The minimum atomic E-state index is -3.88. The first-order valence-corrected chi connectivity index (χ1v) is 14.7. The molecular formula is C28H32ClN5O5S. The van der Waals surface area contributed by atoms with E-state index in [2.05, 4.69) is 20.2 Å². The van der Waals surface area contributed by atoms with E-state index in [9.17, 15) is 8.42 Å². The molecule has 0 aliphatic rings. The van der Waals surface area contributed by atoms with Gasteiger partial charge in [0, 0.05) is 24.2 Å². The normalized spacial score (nSPS) is 13.3. The predicted octanol–water partition coefficient (Wildman–Crippen LogP) is 5.17. The summed E-state index contributed by atoms with van der Waals surface area (Å²) in [5, 5.41) is 8.21. The van der Waals surface area contributed by atoms with E-state index >= 15 is 0 Å². The van der Waals surface area contributed by atoms with Gasteiger partial charge in [0.15, 0.2) is 21.5 Å². The number of aryl methyl sites for hydroxylation is 1. The fourth-order valence-corrected chi connectivity index (χ4v) is 5.83. The Morgan fingerprint density at radius 1 is 0.975 bits per heavy atom. The van der Waals surface area contributed by atoms with Crippen LogP contribution in [-0.4, -0.2) is 58.7 Å². The van der Waals surface area contributed by atoms with Crippen molar-refractivity contribution in [1.82, 2.24) is 24.7 Å². The van der Waals surface area contributed by atoms with E-state index in [1.54, 1.807) is 54.2 Å². The number of hydrogen-bond donors (Lipinski definition) is 0. The van der Waals surface area contributed by atoms with E-state index in [0.29, 0.717) is 39.3 Å². The number of methoxy groups -OCH3 is 2. The largest absolute Gasteiger partial charge is 0.494 e. The van der Waals surface area contributed by atoms with Crippen LogP contribution in [0.15, 0.2) is 55.0 Å². The van der Waals surface area contributed by atoms with Crippen LogP contribution in [-0.2, 0) is 20.3 Å². The quantitative estimate of drug-likeness (QED) is 0.235. The fraction of sp³-hybridized carbons (Fsp3) is 0.357. The third-order valence-corrected chi connectivity index (χ3v) is 8.54. The summed E-state index contributed by atoms with van der Waals surface area (Å²) in [6.07, 6.45) is 3.76. The average molecular weight is 586 g/mol. The van der Waals surface area contributed by atoms with E-state index < -0.39 is 26.9 Å². The number of hydrogen-bond acceptors (Lipinski definition) is 9. The van der Waals surface area contributed by atoms with Crippen LogP contribution in [0.25, 0.3) is 17.1 Å². The van der Waals surface area contributed by atoms with E-state index in [-0.39, 0.29) is 11.9 Å². The lowest BCUT2D eigenvalue weighted by Gasteiger charge is -2.26. The highest BCUT2D eigenvalue weighted by Crippen LogP contribution is 2.37. The Morgan fingerprint density at radius 3 is 2.25 bits per heavy atom. The number of pyridine rings is 2. The van der Waals surface area contributed by atoms with Gasteiger partial charge < -0.3 is 14.2 Å². The minimum absolute atomic E-state index is 0.179. The zero-order chi connectivity index (χ0) is 29.0. The molecule has 12 heteroatoms. The molecule has 0 N–H and O–H groups in total. The number of para-hydroxylation sites is 1. The Bertz CT molecular complexity index is 1550. The molecule has 0 aliphatic carbocycles. The number of benzene rings is 1. The molecule has 3 aromatic heterocycles. The molecule has 0 unspecified atom stereocenters. The van der Waals surface area contributed by atoms with Gasteiger partial charge in [-0.3, -0.25) is 14.5 Å². The highest BCUT2D eigenvalue weighted by molar-refractivity contribution is 7.91. The molecule has 2 atom stereocenters. The summed E-state index contributed by atoms with van der Waals surface area (Å²) in [7, 11) is -0.822. The molecule has 4 rings (SSSR count). The molecule has 0 amide bonds. The van der Waals surface area contributed by atoms with E-state index in [0.717, 1.165) is 5.56 Å². The maximum absolute atomic E-state index is 14.0. The predicted molar refractivity (Wildman–Crippen MR) is 153 cm³/mol. The first kappa shape index (κ1) is 29.4. The SMILES string of the molecule is COc1cccc(OC)c1-n1c(CS(=O)(=O)[C@@H](C)[C@@H](OC(C)C)c2ccc(Cl)cn2)nnc1-c1cncc(C)c1. The van der Waals surface area contributed by atoms with Gasteiger partial charge in [-0.25, -0.2) is 8.42 Å². The summed E-state index contributed by atoms with van der Waals surface area (Å²) < 4.78 is 46.9. The van der Waals surface area contributed by atoms with E-state index in [1.165, 1.54) is 20.4 Å². The van der Waals surface area contributed by atoms with Crippen molar-refractivity contribution in [1.29, 1.82) is 0 Å². The molecule has 0 aliphatic heterocycles. The third-order valence-electron chi connectivity index (χ3n) is 6.27. The van der Waals surface area contributed by atoms with Crippen LogP contribution in [0.4, 0.5) is 0 Å². The Labute approximate surface area is 239 Å². The van der Waals surface area contributed by atoms with Crippen molar-refractivity contribution in [2.45, 2.75) is 50.9 Å². The van der Waals surface area contributed by atoms with Crippen LogP contribution in [0, 0.1) is 6.92 Å². The van der Waals surface area contributed by atoms with Crippen LogP contribution in [0.3, 0.4) is 0 Å². The molecule has 0 saturated heterocycles. The van der Waals surface area contributed by atoms with Crippen LogP contribution in [0.1, 0.15) is 44.0 Å². The molecule has 10 nitrogen and oxygen atoms in total. The van der Waals surface area contributed by atoms with Gasteiger partial charge >= 0.3 is 0 Å². The summed E-state index contributed by atoms with van der Waals surface area (Å²) in [5.41, 5.74) is 2.50. The number of aromatic nitrogens is 5. The van der Waals surface area contributed by atoms with Crippen molar-refractivity contribution >= 4 is 21.4 Å². The molecule has 0 fully saturated rings. The van der Waals surface area contributed by atoms with Crippen molar-refractivity contribution in [3.05, 3.63) is 77.1 Å². The Kier molecular flexibility index (Phi) is 9.07. The Morgan fingerprint density at radius 2 is 1.68 bits per heavy atom. The molecule has 1 aromatic carbocycles. The Hall–Kier alpha value is -3.54. The Balaban J connectivity index is 1.85. The van der Waals surface area contributed by atoms with Crippen LogP contribution in [0.2, 0.25) is 5.02 Å². The second-order valence-electron chi connectivity index (χ2n) is 9.56. The highest BCUT2D eigenvalue weighted by atomic mass is 35.5. The lowest BCUT2D eigenvalue weighted by molar-refractivity contribution is 0.00405. The summed E-state index contributed by atoms with van der Waals surface area (Å²) in [6.45, 7) is 7.20. The molecule has 3 heterocycles. The highest BCUT2D eigenvalue weighted by Gasteiger charge is 2.35.